The molecule has 18 heavy (non-hydrogen) atoms. The van der Waals surface area contributed by atoms with Crippen LogP contribution in [-0.2, 0) is 48.9 Å². The van der Waals surface area contributed by atoms with Gasteiger partial charge in [-0.3, -0.25) is 20.4 Å². The average Bonchev–Trinajstić information content (AvgIpc) is 2.73. The minimum absolute atomic E-state index is 0. The number of hydrogen-bond acceptors (Lipinski definition) is 3. The fourth-order valence-corrected chi connectivity index (χ4v) is 2.12. The Labute approximate surface area is 124 Å². The summed E-state index contributed by atoms with van der Waals surface area (Å²) in [7, 11) is 0. The Morgan fingerprint density at radius 1 is 1.00 bits per heavy atom. The van der Waals surface area contributed by atoms with Gasteiger partial charge < -0.3 is 14.4 Å². The van der Waals surface area contributed by atoms with E-state index in [2.05, 4.69) is 40.3 Å². The molecule has 0 bridgehead atoms. The van der Waals surface area contributed by atoms with Crippen LogP contribution in [-0.4, -0.2) is 20.4 Å². The topological polar surface area (TPSA) is 51.2 Å². The number of fused-ring (bicyclic) bond motifs is 1. The van der Waals surface area contributed by atoms with Gasteiger partial charge in [0.15, 0.2) is 0 Å². The summed E-state index contributed by atoms with van der Waals surface area (Å²) in [5.74, 6) is 0. The van der Waals surface area contributed by atoms with Crippen LogP contribution in [0.1, 0.15) is 35.1 Å². The third-order valence-electron chi connectivity index (χ3n) is 2.95. The van der Waals surface area contributed by atoms with E-state index in [1.807, 2.05) is 0 Å². The molecule has 0 saturated carbocycles. The van der Waals surface area contributed by atoms with E-state index in [-0.39, 0.29) is 21.7 Å². The van der Waals surface area contributed by atoms with Gasteiger partial charge in [0.05, 0.1) is 0 Å². The van der Waals surface area contributed by atoms with Gasteiger partial charge in [-0.15, -0.1) is 0 Å². The summed E-state index contributed by atoms with van der Waals surface area (Å²) in [5, 5.41) is 0. The molecule has 0 N–H and O–H groups in total. The van der Waals surface area contributed by atoms with Crippen LogP contribution >= 0.6 is 0 Å². The Bertz CT molecular complexity index is 316. The van der Waals surface area contributed by atoms with Crippen LogP contribution in [0.2, 0.25) is 0 Å². The second-order valence-corrected chi connectivity index (χ2v) is 3.66. The van der Waals surface area contributed by atoms with E-state index in [0.29, 0.717) is 0 Å². The van der Waals surface area contributed by atoms with Crippen molar-refractivity contribution >= 4 is 20.4 Å². The second-order valence-electron chi connectivity index (χ2n) is 3.66. The van der Waals surface area contributed by atoms with Crippen molar-refractivity contribution in [3.63, 3.8) is 0 Å². The SMILES string of the molecule is Cc1cc2c([c-]1C)CCCC2.[CH-]=O.[CH-]=O.[CH-]=O.[Ti+4]. The largest absolute Gasteiger partial charge is 4.00 e. The third-order valence-corrected chi connectivity index (χ3v) is 2.95. The van der Waals surface area contributed by atoms with Crippen LogP contribution in [0, 0.1) is 13.8 Å². The van der Waals surface area contributed by atoms with Gasteiger partial charge in [0.25, 0.3) is 0 Å². The molecule has 0 saturated heterocycles. The van der Waals surface area contributed by atoms with Crippen LogP contribution in [0.5, 0.6) is 0 Å². The fourth-order valence-electron chi connectivity index (χ4n) is 2.12. The molecule has 0 heterocycles. The van der Waals surface area contributed by atoms with Gasteiger partial charge in [0.1, 0.15) is 0 Å². The normalized spacial score (nSPS) is 10.8. The van der Waals surface area contributed by atoms with Crippen molar-refractivity contribution in [2.75, 3.05) is 0 Å². The molecule has 3 nitrogen and oxygen atoms in total. The molecule has 96 valence electrons. The van der Waals surface area contributed by atoms with Gasteiger partial charge in [-0.05, 0) is 0 Å². The summed E-state index contributed by atoms with van der Waals surface area (Å²) in [6, 6.07) is 2.38. The summed E-state index contributed by atoms with van der Waals surface area (Å²) in [6.45, 7) is 14.2. The maximum absolute atomic E-state index is 7.75. The molecule has 1 aliphatic carbocycles. The summed E-state index contributed by atoms with van der Waals surface area (Å²) in [5.41, 5.74) is 6.34. The quantitative estimate of drug-likeness (QED) is 0.416. The van der Waals surface area contributed by atoms with Gasteiger partial charge in [-0.25, -0.2) is 6.07 Å². The molecular weight excluding hydrogens is 264 g/mol. The maximum atomic E-state index is 7.75. The van der Waals surface area contributed by atoms with Gasteiger partial charge in [-0.1, -0.05) is 39.5 Å². The van der Waals surface area contributed by atoms with Crippen LogP contribution in [0.3, 0.4) is 0 Å². The van der Waals surface area contributed by atoms with Crippen molar-refractivity contribution in [3.05, 3.63) is 28.3 Å². The molecule has 0 radical (unpaired) electrons. The maximum Gasteiger partial charge on any atom is 4.00 e. The minimum Gasteiger partial charge on any atom is -0.545 e. The first kappa shape index (κ1) is 22.3. The predicted octanol–water partition coefficient (Wildman–Crippen LogP) is 2.08. The molecule has 2 rings (SSSR count). The van der Waals surface area contributed by atoms with Crippen molar-refractivity contribution in [3.8, 4) is 0 Å². The van der Waals surface area contributed by atoms with E-state index in [1.54, 1.807) is 16.7 Å². The van der Waals surface area contributed by atoms with Gasteiger partial charge in [-0.2, -0.15) is 22.3 Å². The number of carbonyl (C=O) groups excluding carboxylic acids is 3. The zero-order chi connectivity index (χ0) is 13.8. The Hall–Kier alpha value is -0.926. The van der Waals surface area contributed by atoms with E-state index in [1.165, 1.54) is 31.2 Å². The van der Waals surface area contributed by atoms with E-state index >= 15 is 0 Å². The minimum atomic E-state index is 0. The van der Waals surface area contributed by atoms with Crippen molar-refractivity contribution in [2.45, 2.75) is 39.5 Å². The molecule has 1 aliphatic rings. The molecule has 0 aliphatic heterocycles. The van der Waals surface area contributed by atoms with Crippen LogP contribution in [0.25, 0.3) is 0 Å². The van der Waals surface area contributed by atoms with Crippen LogP contribution in [0.4, 0.5) is 0 Å². The molecular formula is C14H18O3Ti. The first-order valence-corrected chi connectivity index (χ1v) is 5.24. The van der Waals surface area contributed by atoms with Crippen LogP contribution in [0.15, 0.2) is 6.07 Å². The summed E-state index contributed by atoms with van der Waals surface area (Å²) in [6.07, 6.45) is 5.45. The molecule has 0 unspecified atom stereocenters. The molecule has 0 aromatic heterocycles. The number of hydrogen-bond donors (Lipinski definition) is 0. The molecule has 0 spiro atoms. The second kappa shape index (κ2) is 14.1. The monoisotopic (exact) mass is 282 g/mol. The Balaban J connectivity index is -0.000000285. The van der Waals surface area contributed by atoms with E-state index in [4.69, 9.17) is 14.4 Å². The van der Waals surface area contributed by atoms with Gasteiger partial charge in [0, 0.05) is 0 Å². The fraction of sp³-hybridized carbons (Fsp3) is 0.429. The van der Waals surface area contributed by atoms with Crippen molar-refractivity contribution in [2.24, 2.45) is 0 Å². The number of rotatable bonds is 0. The Morgan fingerprint density at radius 3 is 1.89 bits per heavy atom. The van der Waals surface area contributed by atoms with Crippen LogP contribution < -0.4 is 0 Å². The van der Waals surface area contributed by atoms with Crippen molar-refractivity contribution in [1.82, 2.24) is 0 Å². The van der Waals surface area contributed by atoms with Crippen molar-refractivity contribution in [1.29, 1.82) is 0 Å². The molecule has 1 aromatic carbocycles. The predicted molar refractivity (Wildman–Crippen MR) is 68.4 cm³/mol. The standard InChI is InChI=1S/C11H15.3CHO.Ti/c1-8-7-10-5-3-4-6-11(10)9(8)2;3*1-2;/h7H,3-6H2,1-2H3;3*1H;/q4*-1;+4. The molecule has 0 fully saturated rings. The number of aryl methyl sites for hydroxylation is 2. The van der Waals surface area contributed by atoms with E-state index in [0.717, 1.165) is 0 Å². The smallest absolute Gasteiger partial charge is 0.545 e. The summed E-state index contributed by atoms with van der Waals surface area (Å²) < 4.78 is 0. The van der Waals surface area contributed by atoms with E-state index < -0.39 is 0 Å². The average molecular weight is 282 g/mol. The first-order valence-electron chi connectivity index (χ1n) is 5.24. The molecule has 1 aromatic rings. The molecule has 4 heteroatoms. The molecule has 0 atom stereocenters. The first-order chi connectivity index (χ1) is 8.29. The third kappa shape index (κ3) is 6.13. The molecule has 0 amide bonds. The summed E-state index contributed by atoms with van der Waals surface area (Å²) >= 11 is 0. The zero-order valence-electron chi connectivity index (χ0n) is 10.9. The zero-order valence-corrected chi connectivity index (χ0v) is 12.4. The van der Waals surface area contributed by atoms with Gasteiger partial charge in [0.2, 0.25) is 0 Å². The van der Waals surface area contributed by atoms with E-state index in [9.17, 15) is 0 Å². The Morgan fingerprint density at radius 2 is 1.44 bits per heavy atom. The van der Waals surface area contributed by atoms with Crippen molar-refractivity contribution < 1.29 is 36.1 Å². The van der Waals surface area contributed by atoms with Gasteiger partial charge >= 0.3 is 21.7 Å². The Kier molecular flexibility index (Phi) is 17.5. The summed E-state index contributed by atoms with van der Waals surface area (Å²) in [4.78, 5) is 23.2.